The van der Waals surface area contributed by atoms with Gasteiger partial charge in [-0.2, -0.15) is 0 Å². The number of ether oxygens (including phenoxy) is 1. The van der Waals surface area contributed by atoms with E-state index in [1.807, 2.05) is 24.4 Å². The molecule has 2 rings (SSSR count). The normalized spacial score (nSPS) is 11.6. The Morgan fingerprint density at radius 1 is 1.27 bits per heavy atom. The summed E-state index contributed by atoms with van der Waals surface area (Å²) in [6, 6.07) is 8.37. The van der Waals surface area contributed by atoms with E-state index in [1.54, 1.807) is 32.2 Å². The lowest BCUT2D eigenvalue weighted by Gasteiger charge is -2.15. The first kappa shape index (κ1) is 16.0. The van der Waals surface area contributed by atoms with Crippen LogP contribution in [0.4, 0.5) is 5.69 Å². The summed E-state index contributed by atoms with van der Waals surface area (Å²) in [4.78, 5) is 24.7. The van der Waals surface area contributed by atoms with Crippen LogP contribution in [-0.4, -0.2) is 25.0 Å². The Morgan fingerprint density at radius 3 is 2.68 bits per heavy atom. The van der Waals surface area contributed by atoms with E-state index in [4.69, 9.17) is 4.74 Å². The number of benzene rings is 1. The van der Waals surface area contributed by atoms with Gasteiger partial charge >= 0.3 is 0 Å². The molecule has 0 bridgehead atoms. The molecule has 0 unspecified atom stereocenters. The van der Waals surface area contributed by atoms with Crippen LogP contribution in [0.15, 0.2) is 35.7 Å². The van der Waals surface area contributed by atoms with Gasteiger partial charge in [-0.15, -0.1) is 11.3 Å². The molecule has 0 aliphatic carbocycles. The van der Waals surface area contributed by atoms with Gasteiger partial charge in [0.05, 0.1) is 17.7 Å². The molecule has 0 aliphatic heterocycles. The highest BCUT2D eigenvalue weighted by molar-refractivity contribution is 7.12. The summed E-state index contributed by atoms with van der Waals surface area (Å²) in [7, 11) is 1.54. The number of hydrogen-bond acceptors (Lipinski definition) is 4. The van der Waals surface area contributed by atoms with Crippen molar-refractivity contribution in [1.82, 2.24) is 5.32 Å². The molecule has 22 heavy (non-hydrogen) atoms. The standard InChI is InChI=1S/C16H18N2O3S/c1-10-6-7-13(21-3)12(9-10)18-15(19)11(2)17-16(20)14-5-4-8-22-14/h4-9,11H,1-3H3,(H,17,20)(H,18,19)/t11-/m1/s1. The van der Waals surface area contributed by atoms with E-state index >= 15 is 0 Å². The molecule has 5 nitrogen and oxygen atoms in total. The third kappa shape index (κ3) is 3.85. The summed E-state index contributed by atoms with van der Waals surface area (Å²) in [5.41, 5.74) is 1.59. The number of amides is 2. The van der Waals surface area contributed by atoms with Crippen LogP contribution in [0.25, 0.3) is 0 Å². The van der Waals surface area contributed by atoms with Gasteiger partial charge in [-0.05, 0) is 43.0 Å². The van der Waals surface area contributed by atoms with E-state index in [0.29, 0.717) is 16.3 Å². The summed E-state index contributed by atoms with van der Waals surface area (Å²) in [5, 5.41) is 7.27. The Balaban J connectivity index is 2.02. The Hall–Kier alpha value is -2.34. The van der Waals surface area contributed by atoms with Gasteiger partial charge in [0, 0.05) is 0 Å². The van der Waals surface area contributed by atoms with Crippen molar-refractivity contribution in [3.63, 3.8) is 0 Å². The lowest BCUT2D eigenvalue weighted by molar-refractivity contribution is -0.117. The largest absolute Gasteiger partial charge is 0.495 e. The zero-order chi connectivity index (χ0) is 16.1. The first-order valence-corrected chi connectivity index (χ1v) is 7.69. The zero-order valence-corrected chi connectivity index (χ0v) is 13.5. The van der Waals surface area contributed by atoms with Crippen molar-refractivity contribution < 1.29 is 14.3 Å². The molecule has 2 amide bonds. The van der Waals surface area contributed by atoms with Crippen LogP contribution in [-0.2, 0) is 4.79 Å². The van der Waals surface area contributed by atoms with E-state index in [0.717, 1.165) is 5.56 Å². The molecule has 0 fully saturated rings. The van der Waals surface area contributed by atoms with Crippen LogP contribution in [0.5, 0.6) is 5.75 Å². The van der Waals surface area contributed by atoms with E-state index in [-0.39, 0.29) is 11.8 Å². The molecule has 0 saturated carbocycles. The van der Waals surface area contributed by atoms with Crippen LogP contribution in [0.3, 0.4) is 0 Å². The number of aryl methyl sites for hydroxylation is 1. The third-order valence-electron chi connectivity index (χ3n) is 3.10. The summed E-state index contributed by atoms with van der Waals surface area (Å²) in [6.07, 6.45) is 0. The van der Waals surface area contributed by atoms with Crippen LogP contribution >= 0.6 is 11.3 Å². The van der Waals surface area contributed by atoms with Crippen molar-refractivity contribution in [3.8, 4) is 5.75 Å². The van der Waals surface area contributed by atoms with Gasteiger partial charge in [0.15, 0.2) is 0 Å². The predicted octanol–water partition coefficient (Wildman–Crippen LogP) is 2.82. The second-order valence-electron chi connectivity index (χ2n) is 4.87. The monoisotopic (exact) mass is 318 g/mol. The Morgan fingerprint density at radius 2 is 2.05 bits per heavy atom. The summed E-state index contributed by atoms with van der Waals surface area (Å²) >= 11 is 1.33. The number of rotatable bonds is 5. The van der Waals surface area contributed by atoms with Crippen molar-refractivity contribution >= 4 is 28.8 Å². The molecule has 1 aromatic carbocycles. The van der Waals surface area contributed by atoms with E-state index < -0.39 is 6.04 Å². The maximum Gasteiger partial charge on any atom is 0.261 e. The van der Waals surface area contributed by atoms with E-state index in [9.17, 15) is 9.59 Å². The van der Waals surface area contributed by atoms with Gasteiger partial charge in [-0.25, -0.2) is 0 Å². The SMILES string of the molecule is COc1ccc(C)cc1NC(=O)[C@@H](C)NC(=O)c1cccs1. The Kier molecular flexibility index (Phi) is 5.16. The molecule has 0 aliphatic rings. The van der Waals surface area contributed by atoms with Gasteiger partial charge in [0.25, 0.3) is 5.91 Å². The lowest BCUT2D eigenvalue weighted by atomic mass is 10.2. The molecule has 2 N–H and O–H groups in total. The number of thiophene rings is 1. The molecule has 0 radical (unpaired) electrons. The van der Waals surface area contributed by atoms with Crippen molar-refractivity contribution in [2.45, 2.75) is 19.9 Å². The van der Waals surface area contributed by atoms with Gasteiger partial charge in [-0.3, -0.25) is 9.59 Å². The molecular formula is C16H18N2O3S. The zero-order valence-electron chi connectivity index (χ0n) is 12.7. The second kappa shape index (κ2) is 7.09. The molecule has 1 atom stereocenters. The van der Waals surface area contributed by atoms with Crippen LogP contribution in [0, 0.1) is 6.92 Å². The topological polar surface area (TPSA) is 67.4 Å². The number of nitrogens with one attached hydrogen (secondary N) is 2. The summed E-state index contributed by atoms with van der Waals surface area (Å²) in [5.74, 6) is 0.0263. The molecule has 6 heteroatoms. The van der Waals surface area contributed by atoms with Gasteiger partial charge < -0.3 is 15.4 Å². The fourth-order valence-electron chi connectivity index (χ4n) is 1.90. The maximum atomic E-state index is 12.2. The summed E-state index contributed by atoms with van der Waals surface area (Å²) < 4.78 is 5.22. The average molecular weight is 318 g/mol. The summed E-state index contributed by atoms with van der Waals surface area (Å²) in [6.45, 7) is 3.57. The van der Waals surface area contributed by atoms with E-state index in [2.05, 4.69) is 10.6 Å². The lowest BCUT2D eigenvalue weighted by Crippen LogP contribution is -2.41. The van der Waals surface area contributed by atoms with Gasteiger partial charge in [-0.1, -0.05) is 12.1 Å². The minimum Gasteiger partial charge on any atom is -0.495 e. The minimum atomic E-state index is -0.653. The highest BCUT2D eigenvalue weighted by Crippen LogP contribution is 2.25. The number of anilines is 1. The average Bonchev–Trinajstić information content (AvgIpc) is 3.01. The number of hydrogen-bond donors (Lipinski definition) is 2. The minimum absolute atomic E-state index is 0.256. The van der Waals surface area contributed by atoms with Crippen molar-refractivity contribution in [1.29, 1.82) is 0 Å². The molecule has 0 spiro atoms. The van der Waals surface area contributed by atoms with Crippen LogP contribution < -0.4 is 15.4 Å². The maximum absolute atomic E-state index is 12.2. The predicted molar refractivity (Wildman–Crippen MR) is 87.6 cm³/mol. The second-order valence-corrected chi connectivity index (χ2v) is 5.81. The number of carbonyl (C=O) groups excluding carboxylic acids is 2. The molecule has 2 aromatic rings. The van der Waals surface area contributed by atoms with E-state index in [1.165, 1.54) is 11.3 Å². The fourth-order valence-corrected chi connectivity index (χ4v) is 2.53. The first-order chi connectivity index (χ1) is 10.5. The first-order valence-electron chi connectivity index (χ1n) is 6.81. The Bertz CT molecular complexity index is 668. The van der Waals surface area contributed by atoms with Gasteiger partial charge in [0.2, 0.25) is 5.91 Å². The number of carbonyl (C=O) groups is 2. The third-order valence-corrected chi connectivity index (χ3v) is 3.97. The van der Waals surface area contributed by atoms with Gasteiger partial charge in [0.1, 0.15) is 11.8 Å². The fraction of sp³-hybridized carbons (Fsp3) is 0.250. The van der Waals surface area contributed by atoms with Crippen LogP contribution in [0.1, 0.15) is 22.2 Å². The molecule has 1 aromatic heterocycles. The van der Waals surface area contributed by atoms with Crippen LogP contribution in [0.2, 0.25) is 0 Å². The molecule has 0 saturated heterocycles. The van der Waals surface area contributed by atoms with Crippen molar-refractivity contribution in [2.24, 2.45) is 0 Å². The molecule has 1 heterocycles. The molecule has 116 valence electrons. The molecular weight excluding hydrogens is 300 g/mol. The number of methoxy groups -OCH3 is 1. The van der Waals surface area contributed by atoms with Crippen molar-refractivity contribution in [3.05, 3.63) is 46.2 Å². The highest BCUT2D eigenvalue weighted by Gasteiger charge is 2.18. The smallest absolute Gasteiger partial charge is 0.261 e. The highest BCUT2D eigenvalue weighted by atomic mass is 32.1. The Labute approximate surface area is 133 Å². The van der Waals surface area contributed by atoms with Crippen molar-refractivity contribution in [2.75, 3.05) is 12.4 Å². The quantitative estimate of drug-likeness (QED) is 0.891.